The van der Waals surface area contributed by atoms with Crippen molar-refractivity contribution in [1.29, 1.82) is 0 Å². The van der Waals surface area contributed by atoms with Crippen LogP contribution in [0.3, 0.4) is 0 Å². The number of halogens is 1. The minimum Gasteiger partial charge on any atom is -0.481 e. The largest absolute Gasteiger partial charge is 0.481 e. The first-order valence-corrected chi connectivity index (χ1v) is 9.09. The molecular weight excluding hydrogens is 377 g/mol. The van der Waals surface area contributed by atoms with E-state index in [2.05, 4.69) is 16.2 Å². The molecular formula is C21H24FN3O4. The molecule has 7 nitrogen and oxygen atoms in total. The van der Waals surface area contributed by atoms with E-state index in [0.717, 1.165) is 11.1 Å². The maximum atomic E-state index is 12.9. The minimum atomic E-state index is -0.913. The normalized spacial score (nSPS) is 12.4. The van der Waals surface area contributed by atoms with Gasteiger partial charge in [-0.15, -0.1) is 0 Å². The average Bonchev–Trinajstić information content (AvgIpc) is 2.67. The van der Waals surface area contributed by atoms with E-state index >= 15 is 0 Å². The Bertz CT molecular complexity index is 853. The number of carbonyl (C=O) groups excluding carboxylic acids is 3. The Labute approximate surface area is 168 Å². The van der Waals surface area contributed by atoms with Crippen LogP contribution in [0.4, 0.5) is 4.39 Å². The highest BCUT2D eigenvalue weighted by Gasteiger charge is 2.19. The molecule has 0 spiro atoms. The van der Waals surface area contributed by atoms with E-state index < -0.39 is 29.8 Å². The molecule has 3 N–H and O–H groups in total. The Kier molecular flexibility index (Phi) is 7.70. The number of amides is 3. The molecule has 0 bridgehead atoms. The number of hydrazine groups is 1. The number of benzene rings is 2. The molecule has 0 aliphatic heterocycles. The van der Waals surface area contributed by atoms with Gasteiger partial charge in [-0.05, 0) is 43.7 Å². The van der Waals surface area contributed by atoms with Crippen LogP contribution in [0.1, 0.15) is 37.4 Å². The molecule has 29 heavy (non-hydrogen) atoms. The van der Waals surface area contributed by atoms with Gasteiger partial charge < -0.3 is 10.1 Å². The summed E-state index contributed by atoms with van der Waals surface area (Å²) in [5.74, 6) is -1.41. The lowest BCUT2D eigenvalue weighted by Crippen LogP contribution is -2.48. The highest BCUT2D eigenvalue weighted by molar-refractivity contribution is 5.85. The molecule has 0 saturated carbocycles. The topological polar surface area (TPSA) is 96.5 Å². The molecule has 2 atom stereocenters. The summed E-state index contributed by atoms with van der Waals surface area (Å²) in [6.07, 6.45) is -0.972. The second-order valence-electron chi connectivity index (χ2n) is 6.62. The van der Waals surface area contributed by atoms with Crippen LogP contribution in [-0.4, -0.2) is 23.8 Å². The summed E-state index contributed by atoms with van der Waals surface area (Å²) >= 11 is 0. The van der Waals surface area contributed by atoms with Crippen molar-refractivity contribution >= 4 is 17.7 Å². The van der Waals surface area contributed by atoms with Crippen molar-refractivity contribution in [1.82, 2.24) is 16.2 Å². The van der Waals surface area contributed by atoms with Crippen molar-refractivity contribution in [3.63, 3.8) is 0 Å². The van der Waals surface area contributed by atoms with Crippen LogP contribution in [0.25, 0.3) is 0 Å². The monoisotopic (exact) mass is 401 g/mol. The van der Waals surface area contributed by atoms with Crippen molar-refractivity contribution in [3.05, 3.63) is 65.5 Å². The quantitative estimate of drug-likeness (QED) is 0.621. The highest BCUT2D eigenvalue weighted by Crippen LogP contribution is 2.17. The van der Waals surface area contributed by atoms with Crippen molar-refractivity contribution in [2.45, 2.75) is 39.3 Å². The van der Waals surface area contributed by atoms with Crippen LogP contribution in [0.15, 0.2) is 48.5 Å². The van der Waals surface area contributed by atoms with E-state index in [1.165, 1.54) is 38.1 Å². The third kappa shape index (κ3) is 7.25. The van der Waals surface area contributed by atoms with Gasteiger partial charge in [0.2, 0.25) is 11.8 Å². The fourth-order valence-electron chi connectivity index (χ4n) is 2.54. The smallest absolute Gasteiger partial charge is 0.279 e. The molecule has 2 aromatic carbocycles. The van der Waals surface area contributed by atoms with Gasteiger partial charge in [-0.25, -0.2) is 4.39 Å². The van der Waals surface area contributed by atoms with Gasteiger partial charge in [0.25, 0.3) is 5.91 Å². The van der Waals surface area contributed by atoms with Crippen molar-refractivity contribution < 1.29 is 23.5 Å². The third-order valence-corrected chi connectivity index (χ3v) is 4.07. The van der Waals surface area contributed by atoms with E-state index in [1.807, 2.05) is 31.2 Å². The molecule has 154 valence electrons. The maximum absolute atomic E-state index is 12.9. The molecule has 0 radical (unpaired) electrons. The van der Waals surface area contributed by atoms with E-state index in [9.17, 15) is 18.8 Å². The summed E-state index contributed by atoms with van der Waals surface area (Å²) < 4.78 is 18.3. The molecule has 0 fully saturated rings. The summed E-state index contributed by atoms with van der Waals surface area (Å²) in [6, 6.07) is 12.1. The first-order valence-electron chi connectivity index (χ1n) is 9.09. The van der Waals surface area contributed by atoms with Gasteiger partial charge in [0, 0.05) is 6.92 Å². The Morgan fingerprint density at radius 2 is 1.62 bits per heavy atom. The van der Waals surface area contributed by atoms with Gasteiger partial charge in [-0.1, -0.05) is 29.8 Å². The zero-order valence-electron chi connectivity index (χ0n) is 16.5. The van der Waals surface area contributed by atoms with Crippen LogP contribution in [-0.2, 0) is 14.4 Å². The number of hydrogen-bond acceptors (Lipinski definition) is 4. The van der Waals surface area contributed by atoms with Crippen molar-refractivity contribution in [2.24, 2.45) is 0 Å². The molecule has 0 heterocycles. The Morgan fingerprint density at radius 1 is 1.00 bits per heavy atom. The number of nitrogens with one attached hydrogen (secondary N) is 3. The summed E-state index contributed by atoms with van der Waals surface area (Å²) in [5, 5.41) is 2.73. The molecule has 8 heteroatoms. The van der Waals surface area contributed by atoms with Crippen LogP contribution < -0.4 is 20.9 Å². The zero-order valence-corrected chi connectivity index (χ0v) is 16.5. The Morgan fingerprint density at radius 3 is 2.21 bits per heavy atom. The SMILES string of the molecule is CC(=O)NC(CC(=O)NNC(=O)C(C)Oc1ccc(F)cc1)c1ccc(C)cc1. The maximum Gasteiger partial charge on any atom is 0.279 e. The molecule has 0 aliphatic carbocycles. The summed E-state index contributed by atoms with van der Waals surface area (Å²) in [5.41, 5.74) is 6.43. The van der Waals surface area contributed by atoms with Gasteiger partial charge in [0.1, 0.15) is 11.6 Å². The summed E-state index contributed by atoms with van der Waals surface area (Å²) in [4.78, 5) is 35.8. The number of ether oxygens (including phenoxy) is 1. The van der Waals surface area contributed by atoms with Gasteiger partial charge in [0.15, 0.2) is 6.10 Å². The Balaban J connectivity index is 1.88. The molecule has 3 amide bonds. The molecule has 2 rings (SSSR count). The van der Waals surface area contributed by atoms with Crippen LogP contribution in [0.5, 0.6) is 5.75 Å². The average molecular weight is 401 g/mol. The number of rotatable bonds is 7. The van der Waals surface area contributed by atoms with Crippen LogP contribution >= 0.6 is 0 Å². The summed E-state index contributed by atoms with van der Waals surface area (Å²) in [7, 11) is 0. The number of carbonyl (C=O) groups is 3. The van der Waals surface area contributed by atoms with E-state index in [4.69, 9.17) is 4.74 Å². The van der Waals surface area contributed by atoms with E-state index in [0.29, 0.717) is 5.75 Å². The fourth-order valence-corrected chi connectivity index (χ4v) is 2.54. The highest BCUT2D eigenvalue weighted by atomic mass is 19.1. The lowest BCUT2D eigenvalue weighted by atomic mass is 10.0. The first-order chi connectivity index (χ1) is 13.7. The van der Waals surface area contributed by atoms with Gasteiger partial charge in [-0.3, -0.25) is 25.2 Å². The van der Waals surface area contributed by atoms with Gasteiger partial charge >= 0.3 is 0 Å². The predicted molar refractivity (Wildman–Crippen MR) is 105 cm³/mol. The molecule has 2 unspecified atom stereocenters. The van der Waals surface area contributed by atoms with Crippen LogP contribution in [0.2, 0.25) is 0 Å². The standard InChI is InChI=1S/C21H24FN3O4/c1-13-4-6-16(7-5-13)19(23-15(3)26)12-20(27)24-25-21(28)14(2)29-18-10-8-17(22)9-11-18/h4-11,14,19H,12H2,1-3H3,(H,23,26)(H,24,27)(H,25,28). The number of aryl methyl sites for hydroxylation is 1. The molecule has 0 saturated heterocycles. The minimum absolute atomic E-state index is 0.0594. The lowest BCUT2D eigenvalue weighted by molar-refractivity contribution is -0.133. The molecule has 0 aliphatic rings. The van der Waals surface area contributed by atoms with Gasteiger partial charge in [0.05, 0.1) is 12.5 Å². The second kappa shape index (κ2) is 10.2. The first kappa shape index (κ1) is 21.9. The zero-order chi connectivity index (χ0) is 21.4. The van der Waals surface area contributed by atoms with Gasteiger partial charge in [-0.2, -0.15) is 0 Å². The van der Waals surface area contributed by atoms with E-state index in [1.54, 1.807) is 0 Å². The summed E-state index contributed by atoms with van der Waals surface area (Å²) in [6.45, 7) is 4.81. The molecule has 2 aromatic rings. The molecule has 0 aromatic heterocycles. The van der Waals surface area contributed by atoms with E-state index in [-0.39, 0.29) is 12.3 Å². The Hall–Kier alpha value is -3.42. The predicted octanol–water partition coefficient (Wildman–Crippen LogP) is 2.32. The second-order valence-corrected chi connectivity index (χ2v) is 6.62. The van der Waals surface area contributed by atoms with Crippen LogP contribution in [0, 0.1) is 12.7 Å². The lowest BCUT2D eigenvalue weighted by Gasteiger charge is -2.19. The third-order valence-electron chi connectivity index (χ3n) is 4.07. The van der Waals surface area contributed by atoms with Crippen molar-refractivity contribution in [2.75, 3.05) is 0 Å². The number of hydrogen-bond donors (Lipinski definition) is 3. The van der Waals surface area contributed by atoms with Crippen molar-refractivity contribution in [3.8, 4) is 5.75 Å². The fraction of sp³-hybridized carbons (Fsp3) is 0.286.